The van der Waals surface area contributed by atoms with E-state index in [-0.39, 0.29) is 42.9 Å². The molecule has 3 atom stereocenters. The molecule has 8 heteroatoms. The molecule has 1 aromatic rings. The van der Waals surface area contributed by atoms with Crippen LogP contribution in [0.15, 0.2) is 24.5 Å². The first-order valence-electron chi connectivity index (χ1n) is 9.95. The zero-order valence-electron chi connectivity index (χ0n) is 16.0. The summed E-state index contributed by atoms with van der Waals surface area (Å²) in [6, 6.07) is 3.48. The van der Waals surface area contributed by atoms with Crippen molar-refractivity contribution in [3.63, 3.8) is 0 Å². The number of hydrogen-bond acceptors (Lipinski definition) is 6. The number of carbonyl (C=O) groups is 2. The zero-order valence-corrected chi connectivity index (χ0v) is 16.0. The SMILES string of the molecule is O=C(C[C@H]1CC[C@H](NC(=O)C2CCOCC2)[C@H](CO)O1)NCc1ccncc1. The van der Waals surface area contributed by atoms with Gasteiger partial charge in [-0.1, -0.05) is 0 Å². The van der Waals surface area contributed by atoms with Crippen molar-refractivity contribution in [3.05, 3.63) is 30.1 Å². The maximum absolute atomic E-state index is 12.4. The molecule has 3 rings (SSSR count). The van der Waals surface area contributed by atoms with Crippen LogP contribution in [0.1, 0.15) is 37.7 Å². The Morgan fingerprint density at radius 3 is 2.61 bits per heavy atom. The Balaban J connectivity index is 1.43. The monoisotopic (exact) mass is 391 g/mol. The van der Waals surface area contributed by atoms with Gasteiger partial charge in [-0.25, -0.2) is 0 Å². The van der Waals surface area contributed by atoms with Gasteiger partial charge in [0.15, 0.2) is 0 Å². The third kappa shape index (κ3) is 5.98. The molecule has 8 nitrogen and oxygen atoms in total. The second-order valence-electron chi connectivity index (χ2n) is 7.39. The molecule has 2 saturated heterocycles. The molecule has 0 spiro atoms. The summed E-state index contributed by atoms with van der Waals surface area (Å²) in [6.45, 7) is 1.48. The molecule has 3 N–H and O–H groups in total. The lowest BCUT2D eigenvalue weighted by atomic mass is 9.94. The Labute approximate surface area is 165 Å². The Bertz CT molecular complexity index is 636. The standard InChI is InChI=1S/C20H29N3O5/c24-13-18-17(23-20(26)15-5-9-27-10-6-15)2-1-16(28-18)11-19(25)22-12-14-3-7-21-8-4-14/h3-4,7-8,15-18,24H,1-2,5-6,9-13H2,(H,22,25)(H,23,26)/t16-,17+,18+/m1/s1. The highest BCUT2D eigenvalue weighted by molar-refractivity contribution is 5.79. The van der Waals surface area contributed by atoms with E-state index in [0.29, 0.717) is 32.6 Å². The molecule has 1 aromatic heterocycles. The summed E-state index contributed by atoms with van der Waals surface area (Å²) in [5, 5.41) is 15.6. The van der Waals surface area contributed by atoms with Crippen molar-refractivity contribution in [1.82, 2.24) is 15.6 Å². The molecule has 2 aliphatic heterocycles. The van der Waals surface area contributed by atoms with Gasteiger partial charge in [0.05, 0.1) is 25.2 Å². The molecule has 2 fully saturated rings. The molecule has 2 amide bonds. The number of ether oxygens (including phenoxy) is 2. The molecule has 28 heavy (non-hydrogen) atoms. The lowest BCUT2D eigenvalue weighted by Crippen LogP contribution is -2.53. The van der Waals surface area contributed by atoms with Gasteiger partial charge in [0, 0.05) is 38.1 Å². The number of carbonyl (C=O) groups excluding carboxylic acids is 2. The van der Waals surface area contributed by atoms with Gasteiger partial charge in [0.2, 0.25) is 11.8 Å². The molecule has 3 heterocycles. The fourth-order valence-electron chi connectivity index (χ4n) is 3.69. The third-order valence-corrected chi connectivity index (χ3v) is 5.37. The second-order valence-corrected chi connectivity index (χ2v) is 7.39. The minimum Gasteiger partial charge on any atom is -0.394 e. The Morgan fingerprint density at radius 1 is 1.14 bits per heavy atom. The van der Waals surface area contributed by atoms with Crippen LogP contribution < -0.4 is 10.6 Å². The average molecular weight is 391 g/mol. The van der Waals surface area contributed by atoms with Gasteiger partial charge < -0.3 is 25.2 Å². The van der Waals surface area contributed by atoms with E-state index in [1.165, 1.54) is 0 Å². The topological polar surface area (TPSA) is 110 Å². The summed E-state index contributed by atoms with van der Waals surface area (Å²) in [5.74, 6) is -0.128. The number of aliphatic hydroxyl groups is 1. The van der Waals surface area contributed by atoms with Crippen LogP contribution in [0.2, 0.25) is 0 Å². The van der Waals surface area contributed by atoms with Crippen molar-refractivity contribution < 1.29 is 24.2 Å². The van der Waals surface area contributed by atoms with E-state index < -0.39 is 6.10 Å². The number of aliphatic hydroxyl groups excluding tert-OH is 1. The first-order chi connectivity index (χ1) is 13.7. The number of aromatic nitrogens is 1. The highest BCUT2D eigenvalue weighted by atomic mass is 16.5. The van der Waals surface area contributed by atoms with E-state index in [1.807, 2.05) is 12.1 Å². The van der Waals surface area contributed by atoms with Crippen molar-refractivity contribution in [2.45, 2.75) is 56.9 Å². The Hall–Kier alpha value is -2.03. The first kappa shape index (κ1) is 20.7. The molecular weight excluding hydrogens is 362 g/mol. The second kappa shape index (κ2) is 10.5. The summed E-state index contributed by atoms with van der Waals surface area (Å²) in [6.07, 6.45) is 5.66. The predicted octanol–water partition coefficient (Wildman–Crippen LogP) is 0.539. The number of rotatable bonds is 7. The summed E-state index contributed by atoms with van der Waals surface area (Å²) in [5.41, 5.74) is 0.983. The van der Waals surface area contributed by atoms with E-state index >= 15 is 0 Å². The number of hydrogen-bond donors (Lipinski definition) is 3. The maximum Gasteiger partial charge on any atom is 0.223 e. The van der Waals surface area contributed by atoms with Crippen LogP contribution in [0, 0.1) is 5.92 Å². The lowest BCUT2D eigenvalue weighted by molar-refractivity contribution is -0.139. The van der Waals surface area contributed by atoms with Crippen molar-refractivity contribution in [2.75, 3.05) is 19.8 Å². The molecular formula is C20H29N3O5. The normalized spacial score (nSPS) is 25.8. The minimum absolute atomic E-state index is 0.00361. The number of amides is 2. The van der Waals surface area contributed by atoms with Crippen LogP contribution in [0.4, 0.5) is 0 Å². The molecule has 0 unspecified atom stereocenters. The summed E-state index contributed by atoms with van der Waals surface area (Å²) in [7, 11) is 0. The number of nitrogens with zero attached hydrogens (tertiary/aromatic N) is 1. The maximum atomic E-state index is 12.4. The molecule has 154 valence electrons. The molecule has 0 aromatic carbocycles. The van der Waals surface area contributed by atoms with Crippen LogP contribution >= 0.6 is 0 Å². The van der Waals surface area contributed by atoms with Crippen LogP contribution in [0.5, 0.6) is 0 Å². The molecule has 2 aliphatic rings. The van der Waals surface area contributed by atoms with Crippen molar-refractivity contribution >= 4 is 11.8 Å². The van der Waals surface area contributed by atoms with Gasteiger partial charge in [0.25, 0.3) is 0 Å². The van der Waals surface area contributed by atoms with Crippen LogP contribution in [-0.2, 0) is 25.6 Å². The van der Waals surface area contributed by atoms with Gasteiger partial charge in [-0.2, -0.15) is 0 Å². The summed E-state index contributed by atoms with van der Waals surface area (Å²) < 4.78 is 11.2. The van der Waals surface area contributed by atoms with Gasteiger partial charge in [-0.15, -0.1) is 0 Å². The molecule has 0 aliphatic carbocycles. The Morgan fingerprint density at radius 2 is 1.89 bits per heavy atom. The number of nitrogens with one attached hydrogen (secondary N) is 2. The average Bonchev–Trinajstić information content (AvgIpc) is 2.74. The molecule has 0 radical (unpaired) electrons. The fourth-order valence-corrected chi connectivity index (χ4v) is 3.69. The van der Waals surface area contributed by atoms with E-state index in [0.717, 1.165) is 18.4 Å². The van der Waals surface area contributed by atoms with Crippen LogP contribution in [-0.4, -0.2) is 60.0 Å². The largest absolute Gasteiger partial charge is 0.394 e. The van der Waals surface area contributed by atoms with Gasteiger partial charge in [0.1, 0.15) is 6.10 Å². The first-order valence-corrected chi connectivity index (χ1v) is 9.95. The van der Waals surface area contributed by atoms with E-state index in [1.54, 1.807) is 12.4 Å². The quantitative estimate of drug-likeness (QED) is 0.626. The third-order valence-electron chi connectivity index (χ3n) is 5.37. The van der Waals surface area contributed by atoms with Crippen molar-refractivity contribution in [2.24, 2.45) is 5.92 Å². The van der Waals surface area contributed by atoms with Crippen molar-refractivity contribution in [3.8, 4) is 0 Å². The van der Waals surface area contributed by atoms with E-state index in [9.17, 15) is 14.7 Å². The summed E-state index contributed by atoms with van der Waals surface area (Å²) in [4.78, 5) is 28.6. The lowest BCUT2D eigenvalue weighted by Gasteiger charge is -2.37. The minimum atomic E-state index is -0.490. The zero-order chi connectivity index (χ0) is 19.8. The van der Waals surface area contributed by atoms with E-state index in [2.05, 4.69) is 15.6 Å². The number of pyridine rings is 1. The smallest absolute Gasteiger partial charge is 0.223 e. The van der Waals surface area contributed by atoms with Gasteiger partial charge >= 0.3 is 0 Å². The van der Waals surface area contributed by atoms with Crippen LogP contribution in [0.25, 0.3) is 0 Å². The fraction of sp³-hybridized carbons (Fsp3) is 0.650. The van der Waals surface area contributed by atoms with Gasteiger partial charge in [-0.3, -0.25) is 14.6 Å². The van der Waals surface area contributed by atoms with E-state index in [4.69, 9.17) is 9.47 Å². The summed E-state index contributed by atoms with van der Waals surface area (Å²) >= 11 is 0. The predicted molar refractivity (Wildman–Crippen MR) is 101 cm³/mol. The van der Waals surface area contributed by atoms with Crippen LogP contribution in [0.3, 0.4) is 0 Å². The molecule has 0 bridgehead atoms. The molecule has 0 saturated carbocycles. The van der Waals surface area contributed by atoms with Crippen molar-refractivity contribution in [1.29, 1.82) is 0 Å². The Kier molecular flexibility index (Phi) is 7.76. The highest BCUT2D eigenvalue weighted by Crippen LogP contribution is 2.23. The highest BCUT2D eigenvalue weighted by Gasteiger charge is 2.34. The van der Waals surface area contributed by atoms with Gasteiger partial charge in [-0.05, 0) is 43.4 Å².